The molecule has 0 radical (unpaired) electrons. The second-order valence-corrected chi connectivity index (χ2v) is 10.8. The molecule has 0 aromatic heterocycles. The third-order valence-corrected chi connectivity index (χ3v) is 7.93. The molecule has 7 heteroatoms. The highest BCUT2D eigenvalue weighted by Gasteiger charge is 2.25. The van der Waals surface area contributed by atoms with E-state index in [1.165, 1.54) is 5.56 Å². The summed E-state index contributed by atoms with van der Waals surface area (Å²) in [5.74, 6) is 0.489. The number of nitrogens with zero attached hydrogens (tertiary/aromatic N) is 1. The van der Waals surface area contributed by atoms with E-state index in [0.717, 1.165) is 75.2 Å². The van der Waals surface area contributed by atoms with Gasteiger partial charge in [0.25, 0.3) is 5.91 Å². The third kappa shape index (κ3) is 7.42. The van der Waals surface area contributed by atoms with Crippen molar-refractivity contribution in [3.05, 3.63) is 89.5 Å². The average Bonchev–Trinajstić information content (AvgIpc) is 3.51. The van der Waals surface area contributed by atoms with Gasteiger partial charge in [-0.2, -0.15) is 0 Å². The molecule has 3 aromatic rings. The number of aryl methyl sites for hydroxylation is 1. The fraction of sp³-hybridized carbons (Fsp3) is 0.394. The highest BCUT2D eigenvalue weighted by molar-refractivity contribution is 6.04. The van der Waals surface area contributed by atoms with Crippen LogP contribution in [0.3, 0.4) is 0 Å². The number of urea groups is 1. The highest BCUT2D eigenvalue weighted by Crippen LogP contribution is 2.30. The molecule has 40 heavy (non-hydrogen) atoms. The molecule has 2 heterocycles. The second kappa shape index (κ2) is 13.5. The number of ether oxygens (including phenoxy) is 1. The van der Waals surface area contributed by atoms with E-state index in [1.54, 1.807) is 6.07 Å². The Morgan fingerprint density at radius 2 is 1.62 bits per heavy atom. The Morgan fingerprint density at radius 3 is 2.35 bits per heavy atom. The number of amides is 3. The standard InChI is InChI=1S/C33H40N4O3/c1-2-24-10-6-11-27(21-24)35-33(39)36-28-13-14-31(30(22-28)32(38)34-23-29-12-7-19-40-29)37-17-15-26(16-18-37)20-25-8-4-3-5-9-25/h3-6,8-11,13-14,21-22,26,29H,2,7,12,15-20,23H2,1H3,(H,34,38)(H2,35,36,39)/t29-/m0/s1. The molecule has 0 bridgehead atoms. The van der Waals surface area contributed by atoms with E-state index in [9.17, 15) is 9.59 Å². The Labute approximate surface area is 237 Å². The van der Waals surface area contributed by atoms with E-state index < -0.39 is 0 Å². The molecule has 5 rings (SSSR count). The lowest BCUT2D eigenvalue weighted by atomic mass is 9.89. The first-order chi connectivity index (χ1) is 19.6. The van der Waals surface area contributed by atoms with Gasteiger partial charge in [-0.3, -0.25) is 4.79 Å². The SMILES string of the molecule is CCc1cccc(NC(=O)Nc2ccc(N3CCC(Cc4ccccc4)CC3)c(C(=O)NC[C@@H]3CCCO3)c2)c1. The minimum atomic E-state index is -0.339. The van der Waals surface area contributed by atoms with Gasteiger partial charge in [0, 0.05) is 43.3 Å². The first-order valence-electron chi connectivity index (χ1n) is 14.6. The van der Waals surface area contributed by atoms with Crippen LogP contribution in [0.1, 0.15) is 54.1 Å². The van der Waals surface area contributed by atoms with Gasteiger partial charge >= 0.3 is 6.03 Å². The number of nitrogens with one attached hydrogen (secondary N) is 3. The maximum absolute atomic E-state index is 13.4. The fourth-order valence-electron chi connectivity index (χ4n) is 5.67. The number of hydrogen-bond donors (Lipinski definition) is 3. The van der Waals surface area contributed by atoms with Gasteiger partial charge in [0.2, 0.25) is 0 Å². The van der Waals surface area contributed by atoms with Crippen molar-refractivity contribution in [2.24, 2.45) is 5.92 Å². The summed E-state index contributed by atoms with van der Waals surface area (Å²) in [5.41, 5.74) is 5.33. The molecule has 0 unspecified atom stereocenters. The van der Waals surface area contributed by atoms with Crippen molar-refractivity contribution in [3.8, 4) is 0 Å². The van der Waals surface area contributed by atoms with Crippen LogP contribution < -0.4 is 20.9 Å². The van der Waals surface area contributed by atoms with E-state index in [-0.39, 0.29) is 18.0 Å². The minimum Gasteiger partial charge on any atom is -0.376 e. The Balaban J connectivity index is 1.28. The van der Waals surface area contributed by atoms with Crippen LogP contribution >= 0.6 is 0 Å². The third-order valence-electron chi connectivity index (χ3n) is 7.93. The zero-order valence-corrected chi connectivity index (χ0v) is 23.3. The molecule has 0 spiro atoms. The van der Waals surface area contributed by atoms with Crippen molar-refractivity contribution in [1.29, 1.82) is 0 Å². The molecule has 3 N–H and O–H groups in total. The maximum atomic E-state index is 13.4. The van der Waals surface area contributed by atoms with Crippen LogP contribution in [0, 0.1) is 5.92 Å². The summed E-state index contributed by atoms with van der Waals surface area (Å²) in [6.45, 7) is 5.11. The number of piperidine rings is 1. The molecule has 2 saturated heterocycles. The largest absolute Gasteiger partial charge is 0.376 e. The number of carbonyl (C=O) groups excluding carboxylic acids is 2. The average molecular weight is 541 g/mol. The zero-order chi connectivity index (χ0) is 27.7. The maximum Gasteiger partial charge on any atom is 0.323 e. The Kier molecular flexibility index (Phi) is 9.34. The van der Waals surface area contributed by atoms with E-state index in [2.05, 4.69) is 58.1 Å². The van der Waals surface area contributed by atoms with Crippen molar-refractivity contribution in [2.75, 3.05) is 41.8 Å². The molecule has 0 saturated carbocycles. The van der Waals surface area contributed by atoms with Crippen LogP contribution in [-0.4, -0.2) is 44.3 Å². The van der Waals surface area contributed by atoms with Gasteiger partial charge < -0.3 is 25.6 Å². The molecule has 1 atom stereocenters. The first kappa shape index (κ1) is 27.7. The predicted octanol–water partition coefficient (Wildman–Crippen LogP) is 6.26. The van der Waals surface area contributed by atoms with Crippen molar-refractivity contribution in [1.82, 2.24) is 5.32 Å². The molecule has 0 aliphatic carbocycles. The number of anilines is 3. The summed E-state index contributed by atoms with van der Waals surface area (Å²) in [4.78, 5) is 28.5. The van der Waals surface area contributed by atoms with Crippen LogP contribution in [0.2, 0.25) is 0 Å². The van der Waals surface area contributed by atoms with Gasteiger partial charge in [0.15, 0.2) is 0 Å². The van der Waals surface area contributed by atoms with Crippen LogP contribution in [0.25, 0.3) is 0 Å². The minimum absolute atomic E-state index is 0.0621. The molecule has 2 aliphatic rings. The molecular formula is C33H40N4O3. The number of rotatable bonds is 9. The van der Waals surface area contributed by atoms with Gasteiger partial charge in [-0.15, -0.1) is 0 Å². The van der Waals surface area contributed by atoms with Gasteiger partial charge in [-0.05, 0) is 85.9 Å². The van der Waals surface area contributed by atoms with Gasteiger partial charge in [0.05, 0.1) is 11.7 Å². The van der Waals surface area contributed by atoms with Crippen molar-refractivity contribution >= 4 is 29.0 Å². The summed E-state index contributed by atoms with van der Waals surface area (Å²) in [7, 11) is 0. The summed E-state index contributed by atoms with van der Waals surface area (Å²) in [6.07, 6.45) is 6.18. The first-order valence-corrected chi connectivity index (χ1v) is 14.6. The van der Waals surface area contributed by atoms with Gasteiger partial charge in [0.1, 0.15) is 0 Å². The Morgan fingerprint density at radius 1 is 0.875 bits per heavy atom. The molecule has 3 aromatic carbocycles. The smallest absolute Gasteiger partial charge is 0.323 e. The lowest BCUT2D eigenvalue weighted by molar-refractivity contribution is 0.0858. The molecule has 210 valence electrons. The lowest BCUT2D eigenvalue weighted by Crippen LogP contribution is -2.37. The molecule has 7 nitrogen and oxygen atoms in total. The van der Waals surface area contributed by atoms with Gasteiger partial charge in [-0.1, -0.05) is 49.4 Å². The molecule has 3 amide bonds. The number of hydrogen-bond acceptors (Lipinski definition) is 4. The summed E-state index contributed by atoms with van der Waals surface area (Å²) >= 11 is 0. The van der Waals surface area contributed by atoms with Crippen LogP contribution in [0.5, 0.6) is 0 Å². The summed E-state index contributed by atoms with van der Waals surface area (Å²) < 4.78 is 5.71. The van der Waals surface area contributed by atoms with Crippen LogP contribution in [0.4, 0.5) is 21.9 Å². The normalized spacial score (nSPS) is 17.4. The predicted molar refractivity (Wildman–Crippen MR) is 161 cm³/mol. The second-order valence-electron chi connectivity index (χ2n) is 10.8. The Hall–Kier alpha value is -3.84. The Bertz CT molecular complexity index is 1280. The van der Waals surface area contributed by atoms with Crippen molar-refractivity contribution in [2.45, 2.75) is 51.6 Å². The highest BCUT2D eigenvalue weighted by atomic mass is 16.5. The molecule has 2 aliphatic heterocycles. The van der Waals surface area contributed by atoms with E-state index >= 15 is 0 Å². The summed E-state index contributed by atoms with van der Waals surface area (Å²) in [5, 5.41) is 8.89. The topological polar surface area (TPSA) is 82.7 Å². The van der Waals surface area contributed by atoms with E-state index in [0.29, 0.717) is 23.7 Å². The monoisotopic (exact) mass is 540 g/mol. The van der Waals surface area contributed by atoms with Crippen molar-refractivity contribution < 1.29 is 14.3 Å². The zero-order valence-electron chi connectivity index (χ0n) is 23.3. The molecule has 2 fully saturated rings. The quantitative estimate of drug-likeness (QED) is 0.299. The molecular weight excluding hydrogens is 500 g/mol. The van der Waals surface area contributed by atoms with Crippen LogP contribution in [-0.2, 0) is 17.6 Å². The number of carbonyl (C=O) groups is 2. The summed E-state index contributed by atoms with van der Waals surface area (Å²) in [6, 6.07) is 23.8. The van der Waals surface area contributed by atoms with Gasteiger partial charge in [-0.25, -0.2) is 4.79 Å². The number of benzene rings is 3. The fourth-order valence-corrected chi connectivity index (χ4v) is 5.67. The van der Waals surface area contributed by atoms with E-state index in [1.807, 2.05) is 36.4 Å². The van der Waals surface area contributed by atoms with E-state index in [4.69, 9.17) is 4.74 Å². The van der Waals surface area contributed by atoms with Crippen LogP contribution in [0.15, 0.2) is 72.8 Å². The van der Waals surface area contributed by atoms with Crippen molar-refractivity contribution in [3.63, 3.8) is 0 Å². The lowest BCUT2D eigenvalue weighted by Gasteiger charge is -2.35.